The van der Waals surface area contributed by atoms with E-state index in [0.717, 1.165) is 44.3 Å². The minimum Gasteiger partial charge on any atom is -0.396 e. The van der Waals surface area contributed by atoms with Gasteiger partial charge in [-0.25, -0.2) is 0 Å². The average molecular weight is 323 g/mol. The number of aliphatic hydroxyl groups is 1. The number of hydrogen-bond donors (Lipinski definition) is 1. The molecule has 2 heteroatoms. The summed E-state index contributed by atoms with van der Waals surface area (Å²) in [6.07, 6.45) is 4.84. The van der Waals surface area contributed by atoms with Crippen molar-refractivity contribution in [2.45, 2.75) is 38.8 Å². The summed E-state index contributed by atoms with van der Waals surface area (Å²) in [6.45, 7) is 3.45. The molecule has 1 N–H and O–H groups in total. The molecule has 0 saturated heterocycles. The molecule has 2 aromatic carbocycles. The standard InChI is InChI=1S/C22H29NO/c24-15-7-12-22(21-13-14-21)18-23(16-19-8-3-1-4-9-19)17-20-10-5-2-6-11-20/h1-6,8-11,21-22,24H,7,12-18H2. The first-order chi connectivity index (χ1) is 11.8. The monoisotopic (exact) mass is 323 g/mol. The normalized spacial score (nSPS) is 15.6. The zero-order valence-electron chi connectivity index (χ0n) is 14.5. The molecule has 2 aromatic rings. The Morgan fingerprint density at radius 3 is 1.88 bits per heavy atom. The molecule has 1 unspecified atom stereocenters. The summed E-state index contributed by atoms with van der Waals surface area (Å²) in [6, 6.07) is 21.5. The van der Waals surface area contributed by atoms with Crippen molar-refractivity contribution in [3.05, 3.63) is 71.8 Å². The summed E-state index contributed by atoms with van der Waals surface area (Å²) in [5.41, 5.74) is 2.76. The SMILES string of the molecule is OCCCC(CN(Cc1ccccc1)Cc1ccccc1)C1CC1. The molecule has 2 nitrogen and oxygen atoms in total. The molecule has 0 aromatic heterocycles. The van der Waals surface area contributed by atoms with Gasteiger partial charge in [-0.05, 0) is 48.6 Å². The molecular weight excluding hydrogens is 294 g/mol. The first-order valence-electron chi connectivity index (χ1n) is 9.26. The van der Waals surface area contributed by atoms with Crippen LogP contribution in [0.3, 0.4) is 0 Å². The van der Waals surface area contributed by atoms with Gasteiger partial charge in [0.15, 0.2) is 0 Å². The lowest BCUT2D eigenvalue weighted by Gasteiger charge is -2.28. The van der Waals surface area contributed by atoms with Gasteiger partial charge in [-0.15, -0.1) is 0 Å². The summed E-state index contributed by atoms with van der Waals surface area (Å²) in [5.74, 6) is 1.61. The van der Waals surface area contributed by atoms with Crippen LogP contribution in [0.25, 0.3) is 0 Å². The molecule has 24 heavy (non-hydrogen) atoms. The molecule has 1 aliphatic carbocycles. The summed E-state index contributed by atoms with van der Waals surface area (Å²) in [4.78, 5) is 2.59. The van der Waals surface area contributed by atoms with Crippen LogP contribution in [-0.4, -0.2) is 23.2 Å². The minimum atomic E-state index is 0.320. The minimum absolute atomic E-state index is 0.320. The topological polar surface area (TPSA) is 23.5 Å². The van der Waals surface area contributed by atoms with Crippen LogP contribution in [0, 0.1) is 11.8 Å². The highest BCUT2D eigenvalue weighted by molar-refractivity contribution is 5.17. The summed E-state index contributed by atoms with van der Waals surface area (Å²) < 4.78 is 0. The van der Waals surface area contributed by atoms with E-state index >= 15 is 0 Å². The van der Waals surface area contributed by atoms with Gasteiger partial charge in [-0.2, -0.15) is 0 Å². The van der Waals surface area contributed by atoms with Crippen LogP contribution in [0.1, 0.15) is 36.8 Å². The van der Waals surface area contributed by atoms with Crippen LogP contribution in [0.5, 0.6) is 0 Å². The molecule has 0 bridgehead atoms. The highest BCUT2D eigenvalue weighted by Crippen LogP contribution is 2.39. The van der Waals surface area contributed by atoms with Crippen molar-refractivity contribution in [3.8, 4) is 0 Å². The van der Waals surface area contributed by atoms with Crippen molar-refractivity contribution in [2.24, 2.45) is 11.8 Å². The van der Waals surface area contributed by atoms with Gasteiger partial charge in [-0.3, -0.25) is 4.90 Å². The summed E-state index contributed by atoms with van der Waals surface area (Å²) in [7, 11) is 0. The van der Waals surface area contributed by atoms with E-state index in [9.17, 15) is 5.11 Å². The van der Waals surface area contributed by atoms with Crippen molar-refractivity contribution >= 4 is 0 Å². The van der Waals surface area contributed by atoms with Crippen LogP contribution >= 0.6 is 0 Å². The molecule has 0 aliphatic heterocycles. The fraction of sp³-hybridized carbons (Fsp3) is 0.455. The van der Waals surface area contributed by atoms with Crippen molar-refractivity contribution in [3.63, 3.8) is 0 Å². The van der Waals surface area contributed by atoms with Gasteiger partial charge in [0.2, 0.25) is 0 Å². The second-order valence-corrected chi connectivity index (χ2v) is 7.10. The molecule has 0 spiro atoms. The molecule has 1 atom stereocenters. The molecule has 0 amide bonds. The fourth-order valence-electron chi connectivity index (χ4n) is 3.60. The van der Waals surface area contributed by atoms with Gasteiger partial charge in [0.1, 0.15) is 0 Å². The number of rotatable bonds is 10. The van der Waals surface area contributed by atoms with Gasteiger partial charge in [0.25, 0.3) is 0 Å². The highest BCUT2D eigenvalue weighted by Gasteiger charge is 2.31. The highest BCUT2D eigenvalue weighted by atomic mass is 16.2. The lowest BCUT2D eigenvalue weighted by molar-refractivity contribution is 0.184. The molecule has 128 valence electrons. The van der Waals surface area contributed by atoms with E-state index in [1.54, 1.807) is 0 Å². The Morgan fingerprint density at radius 1 is 0.875 bits per heavy atom. The van der Waals surface area contributed by atoms with E-state index in [1.165, 1.54) is 24.0 Å². The lowest BCUT2D eigenvalue weighted by atomic mass is 9.96. The van der Waals surface area contributed by atoms with Crippen molar-refractivity contribution in [2.75, 3.05) is 13.2 Å². The number of nitrogens with zero attached hydrogens (tertiary/aromatic N) is 1. The van der Waals surface area contributed by atoms with E-state index in [1.807, 2.05) is 0 Å². The Kier molecular flexibility index (Phi) is 6.45. The third kappa shape index (κ3) is 5.47. The molecule has 0 radical (unpaired) electrons. The van der Waals surface area contributed by atoms with Gasteiger partial charge in [-0.1, -0.05) is 60.7 Å². The number of benzene rings is 2. The second-order valence-electron chi connectivity index (χ2n) is 7.10. The Labute approximate surface area is 146 Å². The first-order valence-corrected chi connectivity index (χ1v) is 9.26. The van der Waals surface area contributed by atoms with Crippen molar-refractivity contribution < 1.29 is 5.11 Å². The predicted octanol–water partition coefficient (Wildman–Crippen LogP) is 4.49. The fourth-order valence-corrected chi connectivity index (χ4v) is 3.60. The van der Waals surface area contributed by atoms with Gasteiger partial charge in [0, 0.05) is 26.2 Å². The van der Waals surface area contributed by atoms with Crippen LogP contribution < -0.4 is 0 Å². The van der Waals surface area contributed by atoms with E-state index in [4.69, 9.17) is 0 Å². The lowest BCUT2D eigenvalue weighted by Crippen LogP contribution is -2.30. The van der Waals surface area contributed by atoms with E-state index in [-0.39, 0.29) is 0 Å². The van der Waals surface area contributed by atoms with Crippen molar-refractivity contribution in [1.82, 2.24) is 4.90 Å². The molecular formula is C22H29NO. The average Bonchev–Trinajstić information content (AvgIpc) is 3.45. The van der Waals surface area contributed by atoms with Crippen LogP contribution in [0.15, 0.2) is 60.7 Å². The molecule has 0 heterocycles. The summed E-state index contributed by atoms with van der Waals surface area (Å²) >= 11 is 0. The molecule has 1 saturated carbocycles. The van der Waals surface area contributed by atoms with Gasteiger partial charge >= 0.3 is 0 Å². The second kappa shape index (κ2) is 9.00. The molecule has 1 fully saturated rings. The maximum atomic E-state index is 9.21. The van der Waals surface area contributed by atoms with E-state index < -0.39 is 0 Å². The summed E-state index contributed by atoms with van der Waals surface area (Å²) in [5, 5.41) is 9.21. The zero-order valence-corrected chi connectivity index (χ0v) is 14.5. The third-order valence-corrected chi connectivity index (χ3v) is 5.01. The zero-order chi connectivity index (χ0) is 16.6. The van der Waals surface area contributed by atoms with Gasteiger partial charge in [0.05, 0.1) is 0 Å². The quantitative estimate of drug-likeness (QED) is 0.696. The van der Waals surface area contributed by atoms with Crippen LogP contribution in [-0.2, 0) is 13.1 Å². The number of hydrogen-bond acceptors (Lipinski definition) is 2. The van der Waals surface area contributed by atoms with Gasteiger partial charge < -0.3 is 5.11 Å². The van der Waals surface area contributed by atoms with E-state index in [2.05, 4.69) is 65.6 Å². The van der Waals surface area contributed by atoms with Crippen LogP contribution in [0.4, 0.5) is 0 Å². The predicted molar refractivity (Wildman–Crippen MR) is 99.5 cm³/mol. The molecule has 3 rings (SSSR count). The maximum Gasteiger partial charge on any atom is 0.0431 e. The van der Waals surface area contributed by atoms with Crippen LogP contribution in [0.2, 0.25) is 0 Å². The third-order valence-electron chi connectivity index (χ3n) is 5.01. The Morgan fingerprint density at radius 2 is 1.42 bits per heavy atom. The Bertz CT molecular complexity index is 538. The Hall–Kier alpha value is -1.64. The smallest absolute Gasteiger partial charge is 0.0431 e. The number of aliphatic hydroxyl groups excluding tert-OH is 1. The maximum absolute atomic E-state index is 9.21. The first kappa shape index (κ1) is 17.2. The van der Waals surface area contributed by atoms with E-state index in [0.29, 0.717) is 6.61 Å². The van der Waals surface area contributed by atoms with Crippen molar-refractivity contribution in [1.29, 1.82) is 0 Å². The molecule has 1 aliphatic rings. The Balaban J connectivity index is 1.68. The largest absolute Gasteiger partial charge is 0.396 e.